The van der Waals surface area contributed by atoms with Crippen molar-refractivity contribution in [2.75, 3.05) is 18.4 Å². The SMILES string of the molecule is CCCN(CCC)C(=O)C1=Cc2ccc(C(=O)Nc3cncc(CCC(=O)[C@@H](C)Cc4ccccc4)c3)cc2N=C(N)C1. The fraction of sp³-hybridized carbons (Fsp3) is 0.343. The number of hydrogen-bond donors (Lipinski definition) is 2. The summed E-state index contributed by atoms with van der Waals surface area (Å²) in [5.41, 5.74) is 11.1. The van der Waals surface area contributed by atoms with Crippen LogP contribution >= 0.6 is 0 Å². The summed E-state index contributed by atoms with van der Waals surface area (Å²) in [4.78, 5) is 49.8. The highest BCUT2D eigenvalue weighted by Gasteiger charge is 2.21. The van der Waals surface area contributed by atoms with Crippen LogP contribution in [0.1, 0.15) is 73.5 Å². The Morgan fingerprint density at radius 2 is 1.72 bits per heavy atom. The maximum Gasteiger partial charge on any atom is 0.255 e. The topological polar surface area (TPSA) is 118 Å². The molecule has 4 rings (SSSR count). The van der Waals surface area contributed by atoms with Gasteiger partial charge in [-0.05, 0) is 61.1 Å². The second-order valence-electron chi connectivity index (χ2n) is 11.1. The molecule has 2 amide bonds. The van der Waals surface area contributed by atoms with E-state index in [0.717, 1.165) is 29.5 Å². The molecule has 1 aliphatic rings. The Morgan fingerprint density at radius 3 is 2.44 bits per heavy atom. The van der Waals surface area contributed by atoms with Gasteiger partial charge < -0.3 is 16.0 Å². The van der Waals surface area contributed by atoms with Crippen molar-refractivity contribution in [3.63, 3.8) is 0 Å². The van der Waals surface area contributed by atoms with Crippen LogP contribution in [0.5, 0.6) is 0 Å². The van der Waals surface area contributed by atoms with Crippen LogP contribution in [-0.2, 0) is 22.4 Å². The molecular weight excluding hydrogens is 538 g/mol. The molecule has 1 aromatic heterocycles. The minimum absolute atomic E-state index is 0.0312. The zero-order valence-electron chi connectivity index (χ0n) is 25.3. The number of aromatic nitrogens is 1. The van der Waals surface area contributed by atoms with Gasteiger partial charge in [-0.25, -0.2) is 4.99 Å². The number of aryl methyl sites for hydroxylation is 1. The molecule has 1 atom stereocenters. The Labute approximate surface area is 254 Å². The van der Waals surface area contributed by atoms with Gasteiger partial charge in [-0.15, -0.1) is 0 Å². The molecule has 0 radical (unpaired) electrons. The third-order valence-electron chi connectivity index (χ3n) is 7.45. The zero-order valence-corrected chi connectivity index (χ0v) is 25.3. The Hall–Kier alpha value is -4.59. The highest BCUT2D eigenvalue weighted by molar-refractivity contribution is 6.07. The van der Waals surface area contributed by atoms with Crippen LogP contribution in [0, 0.1) is 5.92 Å². The second kappa shape index (κ2) is 15.0. The predicted octanol–water partition coefficient (Wildman–Crippen LogP) is 6.14. The summed E-state index contributed by atoms with van der Waals surface area (Å²) in [5, 5.41) is 2.90. The smallest absolute Gasteiger partial charge is 0.255 e. The van der Waals surface area contributed by atoms with Gasteiger partial charge in [0.15, 0.2) is 0 Å². The summed E-state index contributed by atoms with van der Waals surface area (Å²) in [6, 6.07) is 17.0. The molecule has 8 nitrogen and oxygen atoms in total. The van der Waals surface area contributed by atoms with Crippen molar-refractivity contribution in [3.05, 3.63) is 94.8 Å². The number of nitrogens with two attached hydrogens (primary N) is 1. The van der Waals surface area contributed by atoms with Crippen LogP contribution in [0.25, 0.3) is 6.08 Å². The van der Waals surface area contributed by atoms with Crippen molar-refractivity contribution in [1.82, 2.24) is 9.88 Å². The largest absolute Gasteiger partial charge is 0.387 e. The van der Waals surface area contributed by atoms with E-state index in [1.165, 1.54) is 0 Å². The molecule has 2 heterocycles. The number of fused-ring (bicyclic) bond motifs is 1. The number of anilines is 1. The van der Waals surface area contributed by atoms with E-state index in [0.29, 0.717) is 60.7 Å². The molecule has 3 aromatic rings. The molecule has 0 fully saturated rings. The van der Waals surface area contributed by atoms with Crippen molar-refractivity contribution in [2.24, 2.45) is 16.6 Å². The Balaban J connectivity index is 1.41. The maximum atomic E-state index is 13.2. The van der Waals surface area contributed by atoms with E-state index in [9.17, 15) is 14.4 Å². The van der Waals surface area contributed by atoms with Crippen LogP contribution in [-0.4, -0.2) is 46.4 Å². The van der Waals surface area contributed by atoms with Crippen molar-refractivity contribution in [3.8, 4) is 0 Å². The first kappa shape index (κ1) is 31.3. The lowest BCUT2D eigenvalue weighted by Crippen LogP contribution is -2.34. The molecule has 224 valence electrons. The van der Waals surface area contributed by atoms with Crippen molar-refractivity contribution >= 4 is 40.9 Å². The number of rotatable bonds is 13. The average Bonchev–Trinajstić information content (AvgIpc) is 3.17. The maximum absolute atomic E-state index is 13.2. The van der Waals surface area contributed by atoms with Crippen molar-refractivity contribution < 1.29 is 14.4 Å². The number of nitrogens with one attached hydrogen (secondary N) is 1. The number of carbonyl (C=O) groups excluding carboxylic acids is 3. The normalized spacial score (nSPS) is 13.2. The van der Waals surface area contributed by atoms with Gasteiger partial charge in [-0.1, -0.05) is 57.2 Å². The Morgan fingerprint density at radius 1 is 0.977 bits per heavy atom. The van der Waals surface area contributed by atoms with E-state index in [1.54, 1.807) is 30.6 Å². The molecule has 0 saturated carbocycles. The molecule has 0 spiro atoms. The standard InChI is InChI=1S/C35H41N5O3/c1-4-15-40(16-5-2)35(43)29-19-27-12-13-28(20-31(27)39-33(36)21-29)34(42)38-30-18-26(22-37-23-30)11-14-32(41)24(3)17-25-9-7-6-8-10-25/h6-10,12-13,18-20,22-24H,4-5,11,14-17,21H2,1-3H3,(H2,36,39)(H,38,42)/t24-/m0/s1. The first-order valence-corrected chi connectivity index (χ1v) is 15.1. The molecule has 0 unspecified atom stereocenters. The van der Waals surface area contributed by atoms with Gasteiger partial charge in [0.25, 0.3) is 5.91 Å². The Kier molecular flexibility index (Phi) is 11.0. The van der Waals surface area contributed by atoms with Crippen LogP contribution < -0.4 is 11.1 Å². The fourth-order valence-corrected chi connectivity index (χ4v) is 5.22. The van der Waals surface area contributed by atoms with Gasteiger partial charge in [0.2, 0.25) is 5.91 Å². The number of aliphatic imine (C=N–C) groups is 1. The molecule has 0 aliphatic carbocycles. The number of nitrogens with zero attached hydrogens (tertiary/aromatic N) is 3. The summed E-state index contributed by atoms with van der Waals surface area (Å²) in [6.07, 6.45) is 8.81. The Bertz CT molecular complexity index is 1510. The third-order valence-corrected chi connectivity index (χ3v) is 7.45. The highest BCUT2D eigenvalue weighted by Crippen LogP contribution is 2.29. The first-order chi connectivity index (χ1) is 20.8. The van der Waals surface area contributed by atoms with Crippen molar-refractivity contribution in [1.29, 1.82) is 0 Å². The lowest BCUT2D eigenvalue weighted by Gasteiger charge is -2.22. The molecule has 43 heavy (non-hydrogen) atoms. The van der Waals surface area contributed by atoms with Crippen LogP contribution in [0.15, 0.2) is 77.6 Å². The van der Waals surface area contributed by atoms with E-state index in [4.69, 9.17) is 5.73 Å². The lowest BCUT2D eigenvalue weighted by atomic mass is 9.94. The molecule has 2 aromatic carbocycles. The number of ketones is 1. The highest BCUT2D eigenvalue weighted by atomic mass is 16.2. The summed E-state index contributed by atoms with van der Waals surface area (Å²) in [5.74, 6) is 0.110. The third kappa shape index (κ3) is 8.70. The average molecular weight is 580 g/mol. The molecule has 0 saturated heterocycles. The number of pyridine rings is 1. The van der Waals surface area contributed by atoms with Crippen molar-refractivity contribution in [2.45, 2.75) is 59.3 Å². The van der Waals surface area contributed by atoms with E-state index < -0.39 is 0 Å². The number of benzene rings is 2. The molecule has 0 bridgehead atoms. The first-order valence-electron chi connectivity index (χ1n) is 15.1. The van der Waals surface area contributed by atoms with Gasteiger partial charge in [0, 0.05) is 54.7 Å². The van der Waals surface area contributed by atoms with Crippen LogP contribution in [0.2, 0.25) is 0 Å². The zero-order chi connectivity index (χ0) is 30.8. The second-order valence-corrected chi connectivity index (χ2v) is 11.1. The van der Waals surface area contributed by atoms with E-state index in [-0.39, 0.29) is 29.9 Å². The number of hydrogen-bond acceptors (Lipinski definition) is 6. The number of amides is 2. The molecule has 8 heteroatoms. The fourth-order valence-electron chi connectivity index (χ4n) is 5.22. The van der Waals surface area contributed by atoms with E-state index in [2.05, 4.69) is 29.1 Å². The molecule has 3 N–H and O–H groups in total. The van der Waals surface area contributed by atoms with Gasteiger partial charge in [-0.2, -0.15) is 0 Å². The minimum Gasteiger partial charge on any atom is -0.387 e. The summed E-state index contributed by atoms with van der Waals surface area (Å²) < 4.78 is 0. The summed E-state index contributed by atoms with van der Waals surface area (Å²) >= 11 is 0. The monoisotopic (exact) mass is 579 g/mol. The number of amidine groups is 1. The van der Waals surface area contributed by atoms with E-state index in [1.807, 2.05) is 54.3 Å². The minimum atomic E-state index is -0.315. The molecule has 1 aliphatic heterocycles. The summed E-state index contributed by atoms with van der Waals surface area (Å²) in [6.45, 7) is 7.44. The van der Waals surface area contributed by atoms with Gasteiger partial charge in [-0.3, -0.25) is 19.4 Å². The number of carbonyl (C=O) groups is 3. The predicted molar refractivity (Wildman–Crippen MR) is 172 cm³/mol. The number of Topliss-reactive ketones (excluding diaryl/α,β-unsaturated/α-hetero) is 1. The van der Waals surface area contributed by atoms with Gasteiger partial charge >= 0.3 is 0 Å². The lowest BCUT2D eigenvalue weighted by molar-refractivity contribution is -0.127. The van der Waals surface area contributed by atoms with Crippen LogP contribution in [0.3, 0.4) is 0 Å². The molecular formula is C35H41N5O3. The van der Waals surface area contributed by atoms with Gasteiger partial charge in [0.1, 0.15) is 11.6 Å². The van der Waals surface area contributed by atoms with E-state index >= 15 is 0 Å². The summed E-state index contributed by atoms with van der Waals surface area (Å²) in [7, 11) is 0. The van der Waals surface area contributed by atoms with Crippen LogP contribution in [0.4, 0.5) is 11.4 Å². The quantitative estimate of drug-likeness (QED) is 0.252. The van der Waals surface area contributed by atoms with Gasteiger partial charge in [0.05, 0.1) is 17.6 Å².